The third kappa shape index (κ3) is 4.07. The largest absolute Gasteiger partial charge is 0.477 e. The molecule has 0 atom stereocenters. The van der Waals surface area contributed by atoms with E-state index in [-0.39, 0.29) is 0 Å². The summed E-state index contributed by atoms with van der Waals surface area (Å²) in [5, 5.41) is 9.01. The summed E-state index contributed by atoms with van der Waals surface area (Å²) in [4.78, 5) is 4.32. The monoisotopic (exact) mass is 232 g/mol. The van der Waals surface area contributed by atoms with Crippen LogP contribution in [0.25, 0.3) is 0 Å². The van der Waals surface area contributed by atoms with Crippen LogP contribution < -0.4 is 4.74 Å². The fourth-order valence-corrected chi connectivity index (χ4v) is 1.53. The van der Waals surface area contributed by atoms with Crippen LogP contribution in [0, 0.1) is 31.1 Å². The second-order valence-corrected chi connectivity index (χ2v) is 4.74. The number of aromatic nitrogens is 1. The number of hydrogen-bond donors (Lipinski definition) is 0. The van der Waals surface area contributed by atoms with Crippen LogP contribution >= 0.6 is 0 Å². The van der Waals surface area contributed by atoms with Crippen LogP contribution in [-0.4, -0.2) is 11.6 Å². The normalized spacial score (nSPS) is 10.4. The zero-order valence-corrected chi connectivity index (χ0v) is 11.1. The summed E-state index contributed by atoms with van der Waals surface area (Å²) < 4.78 is 5.58. The van der Waals surface area contributed by atoms with Crippen LogP contribution in [0.5, 0.6) is 5.88 Å². The minimum atomic E-state index is 0.472. The number of hydrogen-bond acceptors (Lipinski definition) is 3. The van der Waals surface area contributed by atoms with Gasteiger partial charge in [-0.05, 0) is 44.2 Å². The van der Waals surface area contributed by atoms with Gasteiger partial charge in [-0.25, -0.2) is 4.98 Å². The molecule has 0 N–H and O–H groups in total. The van der Waals surface area contributed by atoms with Crippen molar-refractivity contribution >= 4 is 0 Å². The van der Waals surface area contributed by atoms with Gasteiger partial charge >= 0.3 is 0 Å². The molecule has 1 aromatic heterocycles. The van der Waals surface area contributed by atoms with Gasteiger partial charge in [-0.1, -0.05) is 13.8 Å². The van der Waals surface area contributed by atoms with Crippen LogP contribution in [0.2, 0.25) is 0 Å². The van der Waals surface area contributed by atoms with E-state index in [0.29, 0.717) is 24.0 Å². The molecule has 3 heteroatoms. The fraction of sp³-hybridized carbons (Fsp3) is 0.571. The summed E-state index contributed by atoms with van der Waals surface area (Å²) in [7, 11) is 0. The van der Waals surface area contributed by atoms with Gasteiger partial charge in [0.15, 0.2) is 0 Å². The fourth-order valence-electron chi connectivity index (χ4n) is 1.53. The molecule has 0 aliphatic heterocycles. The van der Waals surface area contributed by atoms with Gasteiger partial charge in [0.1, 0.15) is 11.6 Å². The predicted molar refractivity (Wildman–Crippen MR) is 68.0 cm³/mol. The van der Waals surface area contributed by atoms with Gasteiger partial charge in [0.25, 0.3) is 0 Å². The predicted octanol–water partition coefficient (Wildman–Crippen LogP) is 3.39. The minimum Gasteiger partial charge on any atom is -0.477 e. The lowest BCUT2D eigenvalue weighted by Gasteiger charge is -2.10. The first-order valence-electron chi connectivity index (χ1n) is 6.05. The Morgan fingerprint density at radius 3 is 2.71 bits per heavy atom. The molecule has 0 aliphatic rings. The lowest BCUT2D eigenvalue weighted by molar-refractivity contribution is 0.286. The average Bonchev–Trinajstić information content (AvgIpc) is 2.28. The van der Waals surface area contributed by atoms with Crippen LogP contribution in [0.4, 0.5) is 0 Å². The molecule has 17 heavy (non-hydrogen) atoms. The lowest BCUT2D eigenvalue weighted by Crippen LogP contribution is -2.04. The van der Waals surface area contributed by atoms with Crippen molar-refractivity contribution < 1.29 is 4.74 Å². The third-order valence-corrected chi connectivity index (χ3v) is 2.72. The number of nitriles is 1. The smallest absolute Gasteiger partial charge is 0.231 e. The summed E-state index contributed by atoms with van der Waals surface area (Å²) in [6.07, 6.45) is 2.13. The number of pyridine rings is 1. The van der Waals surface area contributed by atoms with Crippen LogP contribution in [-0.2, 0) is 0 Å². The van der Waals surface area contributed by atoms with E-state index in [0.717, 1.165) is 24.1 Å². The Hall–Kier alpha value is -1.56. The first-order valence-corrected chi connectivity index (χ1v) is 6.05. The van der Waals surface area contributed by atoms with Gasteiger partial charge in [0, 0.05) is 5.69 Å². The molecular weight excluding hydrogens is 212 g/mol. The number of rotatable bonds is 5. The highest BCUT2D eigenvalue weighted by Gasteiger charge is 2.08. The molecule has 3 nitrogen and oxygen atoms in total. The van der Waals surface area contributed by atoms with E-state index in [4.69, 9.17) is 10.00 Å². The topological polar surface area (TPSA) is 45.9 Å². The highest BCUT2D eigenvalue weighted by Crippen LogP contribution is 2.18. The Morgan fingerprint density at radius 1 is 1.41 bits per heavy atom. The Morgan fingerprint density at radius 2 is 2.12 bits per heavy atom. The van der Waals surface area contributed by atoms with E-state index in [1.54, 1.807) is 0 Å². The van der Waals surface area contributed by atoms with Crippen LogP contribution in [0.3, 0.4) is 0 Å². The molecule has 0 radical (unpaired) electrons. The maximum atomic E-state index is 9.01. The summed E-state index contributed by atoms with van der Waals surface area (Å²) in [6.45, 7) is 8.88. The first-order chi connectivity index (χ1) is 8.04. The molecule has 0 aromatic carbocycles. The zero-order chi connectivity index (χ0) is 12.8. The molecule has 1 aromatic rings. The van der Waals surface area contributed by atoms with E-state index >= 15 is 0 Å². The highest BCUT2D eigenvalue weighted by molar-refractivity contribution is 5.41. The van der Waals surface area contributed by atoms with Crippen molar-refractivity contribution in [2.24, 2.45) is 5.92 Å². The van der Waals surface area contributed by atoms with E-state index in [2.05, 4.69) is 24.9 Å². The Bertz CT molecular complexity index is 419. The van der Waals surface area contributed by atoms with Gasteiger partial charge in [0.2, 0.25) is 5.88 Å². The molecule has 0 fully saturated rings. The van der Waals surface area contributed by atoms with Gasteiger partial charge in [0.05, 0.1) is 6.61 Å². The van der Waals surface area contributed by atoms with Crippen LogP contribution in [0.15, 0.2) is 6.07 Å². The summed E-state index contributed by atoms with van der Waals surface area (Å²) in [5.41, 5.74) is 2.47. The van der Waals surface area contributed by atoms with E-state index < -0.39 is 0 Å². The second-order valence-electron chi connectivity index (χ2n) is 4.74. The zero-order valence-electron chi connectivity index (χ0n) is 11.1. The van der Waals surface area contributed by atoms with E-state index in [9.17, 15) is 0 Å². The summed E-state index contributed by atoms with van der Waals surface area (Å²) in [6, 6.07) is 3.96. The Balaban J connectivity index is 2.64. The Labute approximate surface area is 103 Å². The van der Waals surface area contributed by atoms with Crippen molar-refractivity contribution in [1.29, 1.82) is 5.26 Å². The minimum absolute atomic E-state index is 0.472. The van der Waals surface area contributed by atoms with Gasteiger partial charge in [-0.2, -0.15) is 5.26 Å². The molecular formula is C14H20N2O. The van der Waals surface area contributed by atoms with E-state index in [1.807, 2.05) is 19.9 Å². The number of ether oxygens (including phenoxy) is 1. The molecule has 0 amide bonds. The van der Waals surface area contributed by atoms with Crippen molar-refractivity contribution in [3.63, 3.8) is 0 Å². The summed E-state index contributed by atoms with van der Waals surface area (Å²) >= 11 is 0. The van der Waals surface area contributed by atoms with Gasteiger partial charge in [-0.15, -0.1) is 0 Å². The number of nitrogens with zero attached hydrogens (tertiary/aromatic N) is 2. The van der Waals surface area contributed by atoms with Gasteiger partial charge < -0.3 is 4.74 Å². The van der Waals surface area contributed by atoms with Crippen molar-refractivity contribution in [2.75, 3.05) is 6.61 Å². The average molecular weight is 232 g/mol. The van der Waals surface area contributed by atoms with E-state index in [1.165, 1.54) is 0 Å². The van der Waals surface area contributed by atoms with Crippen molar-refractivity contribution in [1.82, 2.24) is 4.98 Å². The molecule has 0 bridgehead atoms. The molecule has 0 spiro atoms. The lowest BCUT2D eigenvalue weighted by atomic mass is 10.1. The molecule has 1 rings (SSSR count). The molecule has 0 unspecified atom stereocenters. The molecule has 0 saturated carbocycles. The maximum Gasteiger partial charge on any atom is 0.231 e. The van der Waals surface area contributed by atoms with Crippen molar-refractivity contribution in [3.8, 4) is 11.9 Å². The SMILES string of the molecule is Cc1cc(C#N)c(OCCCC(C)C)nc1C. The standard InChI is InChI=1S/C14H20N2O/c1-10(2)6-5-7-17-14-13(9-15)8-11(3)12(4)16-14/h8,10H,5-7H2,1-4H3. The third-order valence-electron chi connectivity index (χ3n) is 2.72. The molecule has 0 aliphatic carbocycles. The number of aryl methyl sites for hydroxylation is 2. The van der Waals surface area contributed by atoms with Crippen molar-refractivity contribution in [2.45, 2.75) is 40.5 Å². The second kappa shape index (κ2) is 6.24. The Kier molecular flexibility index (Phi) is 4.96. The first kappa shape index (κ1) is 13.5. The van der Waals surface area contributed by atoms with Crippen LogP contribution in [0.1, 0.15) is 43.5 Å². The molecule has 0 saturated heterocycles. The quantitative estimate of drug-likeness (QED) is 0.731. The maximum absolute atomic E-state index is 9.01. The summed E-state index contributed by atoms with van der Waals surface area (Å²) in [5.74, 6) is 1.15. The molecule has 1 heterocycles. The highest BCUT2D eigenvalue weighted by atomic mass is 16.5. The van der Waals surface area contributed by atoms with Gasteiger partial charge in [-0.3, -0.25) is 0 Å². The molecule has 92 valence electrons. The van der Waals surface area contributed by atoms with Crippen molar-refractivity contribution in [3.05, 3.63) is 22.9 Å².